The van der Waals surface area contributed by atoms with Gasteiger partial charge in [0, 0.05) is 37.3 Å². The molecule has 4 aromatic rings. The van der Waals surface area contributed by atoms with Gasteiger partial charge in [0.1, 0.15) is 5.69 Å². The molecule has 150 valence electrons. The number of hydrogen-bond donors (Lipinski definition) is 1. The van der Waals surface area contributed by atoms with Gasteiger partial charge in [-0.05, 0) is 29.8 Å². The number of nitrogens with two attached hydrogens (primary N) is 1. The quantitative estimate of drug-likeness (QED) is 0.548. The van der Waals surface area contributed by atoms with Crippen LogP contribution in [0.15, 0.2) is 65.3 Å². The first-order chi connectivity index (χ1) is 14.5. The van der Waals surface area contributed by atoms with Gasteiger partial charge in [0.05, 0.1) is 18.1 Å². The molecule has 4 rings (SSSR count). The van der Waals surface area contributed by atoms with E-state index in [0.29, 0.717) is 29.4 Å². The van der Waals surface area contributed by atoms with E-state index < -0.39 is 0 Å². The van der Waals surface area contributed by atoms with Gasteiger partial charge in [-0.1, -0.05) is 24.3 Å². The van der Waals surface area contributed by atoms with Gasteiger partial charge in [0.15, 0.2) is 0 Å². The fourth-order valence-corrected chi connectivity index (χ4v) is 2.92. The van der Waals surface area contributed by atoms with E-state index in [1.807, 2.05) is 36.4 Å². The largest absolute Gasteiger partial charge is 0.415 e. The molecule has 8 nitrogen and oxygen atoms in total. The lowest BCUT2D eigenvalue weighted by molar-refractivity contribution is 0.0827. The van der Waals surface area contributed by atoms with Crippen molar-refractivity contribution in [3.05, 3.63) is 72.1 Å². The van der Waals surface area contributed by atoms with Gasteiger partial charge < -0.3 is 15.1 Å². The van der Waals surface area contributed by atoms with E-state index in [4.69, 9.17) is 10.2 Å². The molecule has 2 heterocycles. The number of hydrogen-bond acceptors (Lipinski definition) is 7. The molecular weight excluding hydrogens is 380 g/mol. The van der Waals surface area contributed by atoms with Crippen LogP contribution in [0.2, 0.25) is 0 Å². The number of rotatable bonds is 5. The van der Waals surface area contributed by atoms with Crippen LogP contribution >= 0.6 is 0 Å². The molecule has 0 atom stereocenters. The van der Waals surface area contributed by atoms with Crippen LogP contribution in [0, 0.1) is 0 Å². The van der Waals surface area contributed by atoms with E-state index in [9.17, 15) is 4.79 Å². The summed E-state index contributed by atoms with van der Waals surface area (Å²) < 4.78 is 5.81. The van der Waals surface area contributed by atoms with E-state index in [-0.39, 0.29) is 11.8 Å². The van der Waals surface area contributed by atoms with Crippen LogP contribution < -0.4 is 5.73 Å². The Morgan fingerprint density at radius 2 is 1.70 bits per heavy atom. The van der Waals surface area contributed by atoms with Crippen LogP contribution in [-0.2, 0) is 6.54 Å². The number of carbonyl (C=O) groups excluding carboxylic acids is 1. The first-order valence-electron chi connectivity index (χ1n) is 9.32. The summed E-state index contributed by atoms with van der Waals surface area (Å²) in [5, 5.41) is 8.23. The van der Waals surface area contributed by atoms with E-state index in [1.165, 1.54) is 4.90 Å². The third-order valence-electron chi connectivity index (χ3n) is 4.52. The Balaban J connectivity index is 1.61. The SMILES string of the molecule is CN(C)C(=O)c1ccc(-c2cncc(-c3nnc(-c4cccc(CN)c4)o3)n2)cc1. The molecule has 0 aliphatic heterocycles. The fraction of sp³-hybridized carbons (Fsp3) is 0.136. The van der Waals surface area contributed by atoms with Crippen LogP contribution in [0.4, 0.5) is 0 Å². The maximum Gasteiger partial charge on any atom is 0.268 e. The molecule has 0 spiro atoms. The van der Waals surface area contributed by atoms with Crippen molar-refractivity contribution in [2.24, 2.45) is 5.73 Å². The molecular formula is C22H20N6O2. The van der Waals surface area contributed by atoms with Crippen molar-refractivity contribution in [2.75, 3.05) is 14.1 Å². The maximum atomic E-state index is 12.1. The van der Waals surface area contributed by atoms with Crippen molar-refractivity contribution in [3.63, 3.8) is 0 Å². The molecule has 1 amide bonds. The Kier molecular flexibility index (Phi) is 5.32. The number of aromatic nitrogens is 4. The maximum absolute atomic E-state index is 12.1. The summed E-state index contributed by atoms with van der Waals surface area (Å²) in [6.45, 7) is 0.432. The Morgan fingerprint density at radius 3 is 2.43 bits per heavy atom. The second kappa shape index (κ2) is 8.22. The molecule has 2 aromatic heterocycles. The fourth-order valence-electron chi connectivity index (χ4n) is 2.92. The normalized spacial score (nSPS) is 10.8. The molecule has 2 N–H and O–H groups in total. The number of benzene rings is 2. The van der Waals surface area contributed by atoms with Crippen molar-refractivity contribution in [3.8, 4) is 34.3 Å². The van der Waals surface area contributed by atoms with Gasteiger partial charge in [0.2, 0.25) is 5.89 Å². The summed E-state index contributed by atoms with van der Waals surface area (Å²) in [7, 11) is 3.44. The van der Waals surface area contributed by atoms with Crippen LogP contribution in [0.25, 0.3) is 34.3 Å². The summed E-state index contributed by atoms with van der Waals surface area (Å²) in [6.07, 6.45) is 3.22. The lowest BCUT2D eigenvalue weighted by Crippen LogP contribution is -2.21. The van der Waals surface area contributed by atoms with Gasteiger partial charge in [-0.3, -0.25) is 9.78 Å². The molecule has 8 heteroatoms. The average molecular weight is 400 g/mol. The van der Waals surface area contributed by atoms with Crippen LogP contribution in [-0.4, -0.2) is 45.1 Å². The second-order valence-corrected chi connectivity index (χ2v) is 6.88. The lowest BCUT2D eigenvalue weighted by atomic mass is 10.1. The summed E-state index contributed by atoms with van der Waals surface area (Å²) >= 11 is 0. The van der Waals surface area contributed by atoms with Crippen molar-refractivity contribution in [1.82, 2.24) is 25.1 Å². The van der Waals surface area contributed by atoms with Gasteiger partial charge in [-0.15, -0.1) is 10.2 Å². The number of nitrogens with zero attached hydrogens (tertiary/aromatic N) is 5. The smallest absolute Gasteiger partial charge is 0.268 e. The van der Waals surface area contributed by atoms with Crippen molar-refractivity contribution >= 4 is 5.91 Å². The van der Waals surface area contributed by atoms with Crippen molar-refractivity contribution in [2.45, 2.75) is 6.54 Å². The highest BCUT2D eigenvalue weighted by Crippen LogP contribution is 2.25. The van der Waals surface area contributed by atoms with Gasteiger partial charge in [-0.25, -0.2) is 4.98 Å². The van der Waals surface area contributed by atoms with E-state index in [0.717, 1.165) is 16.7 Å². The topological polar surface area (TPSA) is 111 Å². The zero-order valence-electron chi connectivity index (χ0n) is 16.6. The van der Waals surface area contributed by atoms with E-state index in [1.54, 1.807) is 38.6 Å². The lowest BCUT2D eigenvalue weighted by Gasteiger charge is -2.10. The molecule has 0 aliphatic rings. The van der Waals surface area contributed by atoms with Crippen LogP contribution in [0.3, 0.4) is 0 Å². The molecule has 30 heavy (non-hydrogen) atoms. The van der Waals surface area contributed by atoms with Gasteiger partial charge >= 0.3 is 0 Å². The highest BCUT2D eigenvalue weighted by Gasteiger charge is 2.14. The predicted molar refractivity (Wildman–Crippen MR) is 112 cm³/mol. The van der Waals surface area contributed by atoms with Crippen LogP contribution in [0.5, 0.6) is 0 Å². The molecule has 0 bridgehead atoms. The summed E-state index contributed by atoms with van der Waals surface area (Å²) in [5.74, 6) is 0.606. The number of carbonyl (C=O) groups is 1. The van der Waals surface area contributed by atoms with Gasteiger partial charge in [0.25, 0.3) is 11.8 Å². The van der Waals surface area contributed by atoms with Crippen LogP contribution in [0.1, 0.15) is 15.9 Å². The average Bonchev–Trinajstić information content (AvgIpc) is 3.29. The zero-order valence-corrected chi connectivity index (χ0v) is 16.6. The standard InChI is InChI=1S/C22H20N6O2/c1-28(2)22(29)16-8-6-15(7-9-16)18-12-24-13-19(25-18)21-27-26-20(30-21)17-5-3-4-14(10-17)11-23/h3-10,12-13H,11,23H2,1-2H3. The summed E-state index contributed by atoms with van der Waals surface area (Å²) in [6, 6.07) is 14.8. The van der Waals surface area contributed by atoms with E-state index in [2.05, 4.69) is 20.2 Å². The number of amides is 1. The molecule has 2 aromatic carbocycles. The molecule has 0 saturated heterocycles. The molecule has 0 unspecified atom stereocenters. The third kappa shape index (κ3) is 3.94. The summed E-state index contributed by atoms with van der Waals surface area (Å²) in [4.78, 5) is 22.4. The minimum atomic E-state index is -0.0570. The minimum absolute atomic E-state index is 0.0570. The predicted octanol–water partition coefficient (Wildman–Crippen LogP) is 3.02. The first kappa shape index (κ1) is 19.4. The second-order valence-electron chi connectivity index (χ2n) is 6.88. The Labute approximate surface area is 173 Å². The van der Waals surface area contributed by atoms with Crippen molar-refractivity contribution in [1.29, 1.82) is 0 Å². The minimum Gasteiger partial charge on any atom is -0.415 e. The molecule has 0 radical (unpaired) electrons. The molecule has 0 saturated carbocycles. The Morgan fingerprint density at radius 1 is 0.967 bits per heavy atom. The third-order valence-corrected chi connectivity index (χ3v) is 4.52. The summed E-state index contributed by atoms with van der Waals surface area (Å²) in [5.41, 5.74) is 10.0. The van der Waals surface area contributed by atoms with E-state index >= 15 is 0 Å². The highest BCUT2D eigenvalue weighted by molar-refractivity contribution is 5.94. The zero-order chi connectivity index (χ0) is 21.1. The van der Waals surface area contributed by atoms with Gasteiger partial charge in [-0.2, -0.15) is 0 Å². The van der Waals surface area contributed by atoms with Crippen molar-refractivity contribution < 1.29 is 9.21 Å². The Hall–Kier alpha value is -3.91. The first-order valence-corrected chi connectivity index (χ1v) is 9.32. The Bertz CT molecular complexity index is 1180. The highest BCUT2D eigenvalue weighted by atomic mass is 16.4. The monoisotopic (exact) mass is 400 g/mol. The molecule has 0 aliphatic carbocycles. The molecule has 0 fully saturated rings.